The number of primary sulfonamides is 1. The van der Waals surface area contributed by atoms with Crippen molar-refractivity contribution in [2.24, 2.45) is 5.14 Å². The lowest BCUT2D eigenvalue weighted by molar-refractivity contribution is 0.580. The van der Waals surface area contributed by atoms with E-state index in [-0.39, 0.29) is 16.3 Å². The third-order valence-electron chi connectivity index (χ3n) is 3.57. The van der Waals surface area contributed by atoms with Crippen LogP contribution in [0.1, 0.15) is 5.56 Å². The highest BCUT2D eigenvalue weighted by Crippen LogP contribution is 2.21. The first-order valence-corrected chi connectivity index (χ1v) is 11.3. The second-order valence-electron chi connectivity index (χ2n) is 5.40. The summed E-state index contributed by atoms with van der Waals surface area (Å²) in [4.78, 5) is 4.09. The van der Waals surface area contributed by atoms with Gasteiger partial charge < -0.3 is 0 Å². The van der Waals surface area contributed by atoms with Gasteiger partial charge in [-0.05, 0) is 53.4 Å². The summed E-state index contributed by atoms with van der Waals surface area (Å²) in [7, 11) is -7.66. The van der Waals surface area contributed by atoms with Gasteiger partial charge in [-0.15, -0.1) is 0 Å². The van der Waals surface area contributed by atoms with Gasteiger partial charge in [0.1, 0.15) is 0 Å². The Morgan fingerprint density at radius 2 is 1.69 bits per heavy atom. The first kappa shape index (κ1) is 18.7. The maximum atomic E-state index is 12.4. The smallest absolute Gasteiger partial charge is 0.240 e. The lowest BCUT2D eigenvalue weighted by Gasteiger charge is -2.08. The molecule has 1 aromatic carbocycles. The van der Waals surface area contributed by atoms with Crippen molar-refractivity contribution in [2.75, 3.05) is 0 Å². The Bertz CT molecular complexity index is 1110. The Balaban J connectivity index is 1.75. The first-order valence-electron chi connectivity index (χ1n) is 7.36. The average Bonchev–Trinajstić information content (AvgIpc) is 3.14. The molecule has 0 aliphatic carbocycles. The molecule has 136 valence electrons. The van der Waals surface area contributed by atoms with Gasteiger partial charge in [0.25, 0.3) is 0 Å². The van der Waals surface area contributed by atoms with Crippen LogP contribution in [-0.2, 0) is 26.6 Å². The second kappa shape index (κ2) is 7.25. The van der Waals surface area contributed by atoms with Gasteiger partial charge in [-0.25, -0.2) is 26.7 Å². The average molecular weight is 410 g/mol. The van der Waals surface area contributed by atoms with E-state index in [0.29, 0.717) is 0 Å². The first-order chi connectivity index (χ1) is 12.3. The molecule has 0 aliphatic rings. The molecule has 0 fully saturated rings. The third kappa shape index (κ3) is 4.34. The number of hydrogen-bond donors (Lipinski definition) is 2. The maximum Gasteiger partial charge on any atom is 0.240 e. The Morgan fingerprint density at radius 3 is 2.31 bits per heavy atom. The fourth-order valence-corrected chi connectivity index (χ4v) is 4.41. The van der Waals surface area contributed by atoms with Gasteiger partial charge in [0.15, 0.2) is 0 Å². The molecule has 0 atom stereocenters. The number of aromatic nitrogens is 1. The molecule has 0 spiro atoms. The molecule has 0 saturated heterocycles. The summed E-state index contributed by atoms with van der Waals surface area (Å²) in [6.07, 6.45) is 1.62. The summed E-state index contributed by atoms with van der Waals surface area (Å²) in [5.41, 5.74) is 2.49. The molecule has 0 amide bonds. The number of thiophene rings is 1. The minimum atomic E-state index is -3.87. The van der Waals surface area contributed by atoms with Crippen molar-refractivity contribution in [1.82, 2.24) is 9.71 Å². The van der Waals surface area contributed by atoms with E-state index in [1.54, 1.807) is 23.6 Å². The van der Waals surface area contributed by atoms with E-state index in [4.69, 9.17) is 5.14 Å². The van der Waals surface area contributed by atoms with Crippen molar-refractivity contribution in [3.05, 3.63) is 65.0 Å². The highest BCUT2D eigenvalue weighted by molar-refractivity contribution is 7.89. The SMILES string of the molecule is NS(=O)(=O)c1ccc(S(=O)(=O)NCc2ccnc(-c3ccsc3)c2)cc1. The van der Waals surface area contributed by atoms with Crippen LogP contribution >= 0.6 is 11.3 Å². The zero-order valence-electron chi connectivity index (χ0n) is 13.4. The molecule has 0 saturated carbocycles. The van der Waals surface area contributed by atoms with Gasteiger partial charge >= 0.3 is 0 Å². The predicted molar refractivity (Wildman–Crippen MR) is 99.4 cm³/mol. The summed E-state index contributed by atoms with van der Waals surface area (Å²) in [5, 5.41) is 8.91. The summed E-state index contributed by atoms with van der Waals surface area (Å²) in [6, 6.07) is 10.2. The molecule has 3 rings (SSSR count). The molecule has 0 bridgehead atoms. The summed E-state index contributed by atoms with van der Waals surface area (Å²) in [5.74, 6) is 0. The summed E-state index contributed by atoms with van der Waals surface area (Å²) >= 11 is 1.55. The van der Waals surface area contributed by atoms with Crippen LogP contribution in [0.2, 0.25) is 0 Å². The van der Waals surface area contributed by atoms with E-state index in [1.807, 2.05) is 22.9 Å². The number of nitrogens with one attached hydrogen (secondary N) is 1. The summed E-state index contributed by atoms with van der Waals surface area (Å²) < 4.78 is 49.7. The third-order valence-corrected chi connectivity index (χ3v) is 6.60. The van der Waals surface area contributed by atoms with Crippen molar-refractivity contribution < 1.29 is 16.8 Å². The molecule has 3 aromatic rings. The van der Waals surface area contributed by atoms with Crippen molar-refractivity contribution in [2.45, 2.75) is 16.3 Å². The Labute approximate surface area is 155 Å². The van der Waals surface area contributed by atoms with Crippen molar-refractivity contribution in [3.8, 4) is 11.3 Å². The van der Waals surface area contributed by atoms with Crippen molar-refractivity contribution >= 4 is 31.4 Å². The summed E-state index contributed by atoms with van der Waals surface area (Å²) in [6.45, 7) is 0.0823. The lowest BCUT2D eigenvalue weighted by Crippen LogP contribution is -2.23. The zero-order chi connectivity index (χ0) is 18.8. The largest absolute Gasteiger partial charge is 0.256 e. The minimum Gasteiger partial charge on any atom is -0.256 e. The fourth-order valence-electron chi connectivity index (χ4n) is 2.22. The highest BCUT2D eigenvalue weighted by atomic mass is 32.2. The second-order valence-corrected chi connectivity index (χ2v) is 9.51. The number of pyridine rings is 1. The van der Waals surface area contributed by atoms with Crippen LogP contribution in [0.25, 0.3) is 11.3 Å². The lowest BCUT2D eigenvalue weighted by atomic mass is 10.1. The predicted octanol–water partition coefficient (Wildman–Crippen LogP) is 1.94. The van der Waals surface area contributed by atoms with Crippen molar-refractivity contribution in [1.29, 1.82) is 0 Å². The molecule has 0 aliphatic heterocycles. The van der Waals surface area contributed by atoms with Gasteiger partial charge in [-0.1, -0.05) is 0 Å². The maximum absolute atomic E-state index is 12.4. The quantitative estimate of drug-likeness (QED) is 0.645. The standard InChI is InChI=1S/C16H15N3O4S3/c17-25(20,21)14-1-3-15(4-2-14)26(22,23)19-10-12-5-7-18-16(9-12)13-6-8-24-11-13/h1-9,11,19H,10H2,(H2,17,20,21). The van der Waals surface area contributed by atoms with Crippen LogP contribution < -0.4 is 9.86 Å². The van der Waals surface area contributed by atoms with Gasteiger partial charge in [0, 0.05) is 23.7 Å². The minimum absolute atomic E-state index is 0.0444. The van der Waals surface area contributed by atoms with E-state index >= 15 is 0 Å². The van der Waals surface area contributed by atoms with Crippen LogP contribution in [0.5, 0.6) is 0 Å². The number of nitrogens with zero attached hydrogens (tertiary/aromatic N) is 1. The van der Waals surface area contributed by atoms with Gasteiger partial charge in [-0.2, -0.15) is 11.3 Å². The van der Waals surface area contributed by atoms with Crippen LogP contribution in [-0.4, -0.2) is 21.8 Å². The normalized spacial score (nSPS) is 12.2. The number of rotatable bonds is 6. The zero-order valence-corrected chi connectivity index (χ0v) is 15.8. The van der Waals surface area contributed by atoms with E-state index in [9.17, 15) is 16.8 Å². The van der Waals surface area contributed by atoms with Crippen LogP contribution in [0.4, 0.5) is 0 Å². The van der Waals surface area contributed by atoms with Gasteiger partial charge in [0.2, 0.25) is 20.0 Å². The number of hydrogen-bond acceptors (Lipinski definition) is 6. The topological polar surface area (TPSA) is 119 Å². The fraction of sp³-hybridized carbons (Fsp3) is 0.0625. The van der Waals surface area contributed by atoms with E-state index < -0.39 is 20.0 Å². The molecule has 0 unspecified atom stereocenters. The molecule has 2 heterocycles. The van der Waals surface area contributed by atoms with E-state index in [2.05, 4.69) is 9.71 Å². The molecule has 10 heteroatoms. The highest BCUT2D eigenvalue weighted by Gasteiger charge is 2.16. The molecule has 0 radical (unpaired) electrons. The monoisotopic (exact) mass is 409 g/mol. The van der Waals surface area contributed by atoms with Crippen LogP contribution in [0, 0.1) is 0 Å². The molecule has 3 N–H and O–H groups in total. The molecular formula is C16H15N3O4S3. The molecular weight excluding hydrogens is 394 g/mol. The molecule has 7 nitrogen and oxygen atoms in total. The van der Waals surface area contributed by atoms with Gasteiger partial charge in [0.05, 0.1) is 15.5 Å². The van der Waals surface area contributed by atoms with Crippen molar-refractivity contribution in [3.63, 3.8) is 0 Å². The molecule has 2 aromatic heterocycles. The van der Waals surface area contributed by atoms with Crippen LogP contribution in [0.3, 0.4) is 0 Å². The Hall–Kier alpha value is -2.11. The van der Waals surface area contributed by atoms with Gasteiger partial charge in [-0.3, -0.25) is 4.98 Å². The number of benzene rings is 1. The van der Waals surface area contributed by atoms with E-state index in [1.165, 1.54) is 12.1 Å². The van der Waals surface area contributed by atoms with Crippen LogP contribution in [0.15, 0.2) is 69.2 Å². The Kier molecular flexibility index (Phi) is 5.21. The number of nitrogens with two attached hydrogens (primary N) is 1. The number of sulfonamides is 2. The van der Waals surface area contributed by atoms with E-state index in [0.717, 1.165) is 29.0 Å². The molecule has 26 heavy (non-hydrogen) atoms. The Morgan fingerprint density at radius 1 is 1.00 bits per heavy atom.